The lowest BCUT2D eigenvalue weighted by Crippen LogP contribution is -2.55. The maximum Gasteiger partial charge on any atom is 0.297 e. The summed E-state index contributed by atoms with van der Waals surface area (Å²) in [6.45, 7) is 11.4. The number of nitro groups is 1. The molecule has 71 heavy (non-hydrogen) atoms. The number of sulfonamides is 1. The Morgan fingerprint density at radius 3 is 2.58 bits per heavy atom. The maximum atomic E-state index is 14.7. The highest BCUT2D eigenvalue weighted by Crippen LogP contribution is 2.55. The number of pyridine rings is 1. The number of hydrogen-bond donors (Lipinski definition) is 3. The van der Waals surface area contributed by atoms with Crippen molar-refractivity contribution in [2.75, 3.05) is 87.4 Å². The third kappa shape index (κ3) is 8.52. The number of aromatic nitrogens is 2. The van der Waals surface area contributed by atoms with Gasteiger partial charge in [-0.3, -0.25) is 24.7 Å². The van der Waals surface area contributed by atoms with Gasteiger partial charge in [0.25, 0.3) is 21.6 Å². The molecule has 3 aromatic carbocycles. The van der Waals surface area contributed by atoms with E-state index < -0.39 is 37.5 Å². The predicted octanol–water partition coefficient (Wildman–Crippen LogP) is 7.10. The highest BCUT2D eigenvalue weighted by atomic mass is 32.2. The van der Waals surface area contributed by atoms with Crippen molar-refractivity contribution in [3.05, 3.63) is 99.7 Å². The third-order valence-corrected chi connectivity index (χ3v) is 17.6. The van der Waals surface area contributed by atoms with E-state index in [9.17, 15) is 23.3 Å². The number of carbonyl (C=O) groups excluding carboxylic acids is 1. The average Bonchev–Trinajstić information content (AvgIpc) is 4.16. The number of nitro benzene ring substituents is 1. The van der Waals surface area contributed by atoms with Crippen molar-refractivity contribution >= 4 is 55.4 Å². The number of hydrogen-bond acceptors (Lipinski definition) is 15. The first-order chi connectivity index (χ1) is 34.4. The van der Waals surface area contributed by atoms with Crippen molar-refractivity contribution in [2.24, 2.45) is 5.41 Å². The molecule has 0 unspecified atom stereocenters. The maximum absolute atomic E-state index is 14.7. The SMILES string of the molecule is CC(C)c1ccccc1[C@@H]1CCCN1C1CC2(CCN(c3ccc(C(=O)NS(=O)(=O)c4cc5c(c([N+](=O)[O-])c4)N[C@@H](CN4CCOCC4)CO5)c(N4c5cc6cc[nH]c6nc5O[C@@H]5COC[C@H]54)c3)CC2)C1. The molecule has 3 N–H and O–H groups in total. The first-order valence-electron chi connectivity index (χ1n) is 25.2. The molecule has 4 saturated heterocycles. The van der Waals surface area contributed by atoms with Crippen molar-refractivity contribution in [3.8, 4) is 11.6 Å². The van der Waals surface area contributed by atoms with Gasteiger partial charge in [0, 0.05) is 74.2 Å². The zero-order valence-electron chi connectivity index (χ0n) is 40.2. The standard InChI is InChI=1S/C52H61N9O9S/c1-32(2)38-6-3-4-7-39(38)41-8-5-15-59(41)36-26-52(27-36)12-16-58(17-13-52)35-9-10-40(42(23-35)60-44-22-33-11-14-53-49(33)55-51(44)70-47-31-68-30-45(47)60)50(62)56-71(65,66)37-24-43(61(63)64)48-46(25-37)69-29-34(54-48)28-57-18-20-67-21-19-57/h3-4,6-7,9-11,14,22-25,32,34,36,41,45,47,54H,5,8,12-13,15-21,26-31H2,1-2H3,(H,53,55)(H,56,62)/t34-,41-,45+,47+/m0/s1. The molecular formula is C52H61N9O9S. The zero-order valence-corrected chi connectivity index (χ0v) is 41.0. The van der Waals surface area contributed by atoms with Crippen LogP contribution in [0.4, 0.5) is 28.4 Å². The fourth-order valence-corrected chi connectivity index (χ4v) is 13.6. The Morgan fingerprint density at radius 1 is 0.958 bits per heavy atom. The molecule has 6 aliphatic heterocycles. The minimum absolute atomic E-state index is 0.0180. The van der Waals surface area contributed by atoms with Crippen molar-refractivity contribution in [1.29, 1.82) is 0 Å². The molecule has 19 heteroatoms. The van der Waals surface area contributed by atoms with Crippen LogP contribution in [0.3, 0.4) is 0 Å². The number of H-pyrrole nitrogens is 1. The van der Waals surface area contributed by atoms with E-state index in [1.807, 2.05) is 29.2 Å². The second kappa shape index (κ2) is 18.2. The zero-order chi connectivity index (χ0) is 48.6. The van der Waals surface area contributed by atoms with Gasteiger partial charge in [-0.1, -0.05) is 38.1 Å². The second-order valence-corrected chi connectivity index (χ2v) is 22.5. The Kier molecular flexibility index (Phi) is 11.8. The first-order valence-corrected chi connectivity index (χ1v) is 26.7. The first kappa shape index (κ1) is 46.1. The van der Waals surface area contributed by atoms with E-state index in [0.717, 1.165) is 62.7 Å². The van der Waals surface area contributed by atoms with Crippen LogP contribution in [0.5, 0.6) is 11.6 Å². The van der Waals surface area contributed by atoms with Crippen molar-refractivity contribution in [3.63, 3.8) is 0 Å². The Bertz CT molecular complexity index is 2980. The lowest BCUT2D eigenvalue weighted by molar-refractivity contribution is -0.384. The van der Waals surface area contributed by atoms with Crippen LogP contribution in [0.15, 0.2) is 77.8 Å². The molecule has 1 spiro atoms. The molecule has 8 heterocycles. The summed E-state index contributed by atoms with van der Waals surface area (Å²) in [6, 6.07) is 21.1. The molecule has 5 fully saturated rings. The second-order valence-electron chi connectivity index (χ2n) is 20.9. The number of piperidine rings is 1. The number of morpholine rings is 1. The minimum Gasteiger partial charge on any atom is -0.489 e. The van der Waals surface area contributed by atoms with E-state index in [2.05, 4.69) is 67.8 Å². The van der Waals surface area contributed by atoms with Crippen LogP contribution >= 0.6 is 0 Å². The van der Waals surface area contributed by atoms with Gasteiger partial charge in [-0.05, 0) is 97.9 Å². The summed E-state index contributed by atoms with van der Waals surface area (Å²) in [5.41, 5.74) is 5.61. The van der Waals surface area contributed by atoms with Gasteiger partial charge in [0.1, 0.15) is 24.0 Å². The van der Waals surface area contributed by atoms with Crippen molar-refractivity contribution < 1.29 is 37.1 Å². The van der Waals surface area contributed by atoms with Gasteiger partial charge in [0.2, 0.25) is 5.88 Å². The highest BCUT2D eigenvalue weighted by Gasteiger charge is 2.50. The number of benzene rings is 3. The van der Waals surface area contributed by atoms with Crippen LogP contribution < -0.4 is 29.3 Å². The van der Waals surface area contributed by atoms with Gasteiger partial charge >= 0.3 is 0 Å². The predicted molar refractivity (Wildman–Crippen MR) is 268 cm³/mol. The Labute approximate surface area is 413 Å². The van der Waals surface area contributed by atoms with Gasteiger partial charge in [-0.2, -0.15) is 4.98 Å². The normalized spacial score (nSPS) is 24.4. The van der Waals surface area contributed by atoms with Crippen LogP contribution in [-0.2, 0) is 19.5 Å². The molecule has 7 aliphatic rings. The molecule has 5 aromatic rings. The number of amides is 1. The number of nitrogens with one attached hydrogen (secondary N) is 3. The number of carbonyl (C=O) groups is 1. The molecule has 374 valence electrons. The summed E-state index contributed by atoms with van der Waals surface area (Å²) in [4.78, 5) is 43.5. The number of anilines is 4. The van der Waals surface area contributed by atoms with Crippen molar-refractivity contribution in [2.45, 2.75) is 93.5 Å². The van der Waals surface area contributed by atoms with E-state index in [0.29, 0.717) is 73.9 Å². The van der Waals surface area contributed by atoms with Crippen LogP contribution in [0.25, 0.3) is 11.0 Å². The molecule has 1 amide bonds. The number of rotatable bonds is 11. The van der Waals surface area contributed by atoms with Crippen LogP contribution in [0.1, 0.15) is 85.8 Å². The summed E-state index contributed by atoms with van der Waals surface area (Å²) in [5.74, 6) is -0.0278. The Balaban J connectivity index is 0.823. The summed E-state index contributed by atoms with van der Waals surface area (Å²) in [7, 11) is -4.69. The summed E-state index contributed by atoms with van der Waals surface area (Å²) >= 11 is 0. The number of aromatic amines is 1. The molecule has 1 aliphatic carbocycles. The molecular weight excluding hydrogens is 927 g/mol. The molecule has 2 aromatic heterocycles. The number of likely N-dealkylation sites (tertiary alicyclic amines) is 1. The highest BCUT2D eigenvalue weighted by molar-refractivity contribution is 7.90. The Hall–Kier alpha value is -5.99. The molecule has 1 saturated carbocycles. The van der Waals surface area contributed by atoms with Crippen molar-refractivity contribution in [1.82, 2.24) is 24.5 Å². The van der Waals surface area contributed by atoms with E-state index in [-0.39, 0.29) is 41.1 Å². The molecule has 0 bridgehead atoms. The molecule has 0 radical (unpaired) electrons. The fourth-order valence-electron chi connectivity index (χ4n) is 12.6. The number of ether oxygens (including phenoxy) is 4. The molecule has 12 rings (SSSR count). The molecule has 18 nitrogen and oxygen atoms in total. The van der Waals surface area contributed by atoms with Crippen LogP contribution in [0.2, 0.25) is 0 Å². The lowest BCUT2D eigenvalue weighted by atomic mass is 9.59. The number of nitrogens with zero attached hydrogens (tertiary/aromatic N) is 6. The van der Waals surface area contributed by atoms with E-state index in [1.165, 1.54) is 42.9 Å². The largest absolute Gasteiger partial charge is 0.489 e. The summed E-state index contributed by atoms with van der Waals surface area (Å²) in [5, 5.41) is 16.6. The van der Waals surface area contributed by atoms with Crippen LogP contribution in [0, 0.1) is 15.5 Å². The smallest absolute Gasteiger partial charge is 0.297 e. The fraction of sp³-hybridized carbons (Fsp3) is 0.500. The minimum atomic E-state index is -4.69. The van der Waals surface area contributed by atoms with Crippen LogP contribution in [-0.4, -0.2) is 136 Å². The van der Waals surface area contributed by atoms with Gasteiger partial charge in [0.15, 0.2) is 11.4 Å². The number of fused-ring (bicyclic) bond motifs is 4. The van der Waals surface area contributed by atoms with Gasteiger partial charge in [0.05, 0.1) is 59.6 Å². The van der Waals surface area contributed by atoms with Gasteiger partial charge in [-0.25, -0.2) is 13.1 Å². The summed E-state index contributed by atoms with van der Waals surface area (Å²) < 4.78 is 54.8. The van der Waals surface area contributed by atoms with Gasteiger partial charge < -0.3 is 39.0 Å². The topological polar surface area (TPSA) is 197 Å². The Morgan fingerprint density at radius 2 is 1.77 bits per heavy atom. The lowest BCUT2D eigenvalue weighted by Gasteiger charge is -2.56. The average molecular weight is 988 g/mol. The van der Waals surface area contributed by atoms with E-state index in [1.54, 1.807) is 12.3 Å². The third-order valence-electron chi connectivity index (χ3n) is 16.2. The summed E-state index contributed by atoms with van der Waals surface area (Å²) in [6.07, 6.45) is 8.31. The van der Waals surface area contributed by atoms with E-state index in [4.69, 9.17) is 23.9 Å². The molecule has 4 atom stereocenters. The quantitative estimate of drug-likeness (QED) is 0.0895. The van der Waals surface area contributed by atoms with Gasteiger partial charge in [-0.15, -0.1) is 0 Å². The monoisotopic (exact) mass is 987 g/mol. The van der Waals surface area contributed by atoms with E-state index >= 15 is 0 Å².